The minimum atomic E-state index is 0. The standard InChI is InChI=1S/C23H29N5O2.HI/c1-24-23(26-16-18-14-22(29)27-21-5-3-2-4-20(18)21)25-15-17-6-8-19(9-7-17)28-10-12-30-13-11-28;/h2-9,18H,10-16H2,1H3,(H,27,29)(H2,24,25,26);1H. The Morgan fingerprint density at radius 2 is 1.87 bits per heavy atom. The van der Waals surface area contributed by atoms with E-state index in [4.69, 9.17) is 4.74 Å². The molecule has 0 aromatic heterocycles. The van der Waals surface area contributed by atoms with Crippen LogP contribution in [0.2, 0.25) is 0 Å². The highest BCUT2D eigenvalue weighted by Gasteiger charge is 2.24. The summed E-state index contributed by atoms with van der Waals surface area (Å²) in [6.45, 7) is 4.80. The summed E-state index contributed by atoms with van der Waals surface area (Å²) in [7, 11) is 1.76. The van der Waals surface area contributed by atoms with Crippen LogP contribution >= 0.6 is 24.0 Å². The number of benzene rings is 2. The van der Waals surface area contributed by atoms with Gasteiger partial charge in [0.2, 0.25) is 5.91 Å². The van der Waals surface area contributed by atoms with Crippen LogP contribution < -0.4 is 20.9 Å². The molecule has 1 atom stereocenters. The topological polar surface area (TPSA) is 78.0 Å². The number of nitrogens with one attached hydrogen (secondary N) is 3. The van der Waals surface area contributed by atoms with Crippen molar-refractivity contribution in [1.82, 2.24) is 10.6 Å². The minimum absolute atomic E-state index is 0. The summed E-state index contributed by atoms with van der Waals surface area (Å²) in [5, 5.41) is 9.68. The smallest absolute Gasteiger partial charge is 0.225 e. The second kappa shape index (κ2) is 11.3. The Kier molecular flexibility index (Phi) is 8.53. The van der Waals surface area contributed by atoms with Gasteiger partial charge in [0.05, 0.1) is 13.2 Å². The molecule has 0 saturated carbocycles. The van der Waals surface area contributed by atoms with E-state index in [9.17, 15) is 4.79 Å². The van der Waals surface area contributed by atoms with Crippen molar-refractivity contribution in [3.05, 3.63) is 59.7 Å². The van der Waals surface area contributed by atoms with Crippen LogP contribution in [-0.2, 0) is 16.1 Å². The van der Waals surface area contributed by atoms with Gasteiger partial charge in [-0.15, -0.1) is 24.0 Å². The highest BCUT2D eigenvalue weighted by Crippen LogP contribution is 2.31. The van der Waals surface area contributed by atoms with E-state index in [2.05, 4.69) is 56.2 Å². The lowest BCUT2D eigenvalue weighted by Crippen LogP contribution is -2.40. The molecule has 3 N–H and O–H groups in total. The van der Waals surface area contributed by atoms with Gasteiger partial charge in [-0.25, -0.2) is 0 Å². The van der Waals surface area contributed by atoms with E-state index in [1.807, 2.05) is 18.2 Å². The molecule has 1 fully saturated rings. The van der Waals surface area contributed by atoms with Crippen molar-refractivity contribution >= 4 is 47.2 Å². The van der Waals surface area contributed by atoms with Crippen molar-refractivity contribution in [2.45, 2.75) is 18.9 Å². The number of hydrogen-bond donors (Lipinski definition) is 3. The molecule has 0 spiro atoms. The number of rotatable bonds is 5. The molecule has 2 aromatic rings. The van der Waals surface area contributed by atoms with Crippen LogP contribution in [0.5, 0.6) is 0 Å². The van der Waals surface area contributed by atoms with Gasteiger partial charge < -0.3 is 25.6 Å². The Morgan fingerprint density at radius 3 is 2.61 bits per heavy atom. The normalized spacial score (nSPS) is 18.5. The van der Waals surface area contributed by atoms with Crippen LogP contribution in [0.15, 0.2) is 53.5 Å². The van der Waals surface area contributed by atoms with E-state index in [-0.39, 0.29) is 35.8 Å². The monoisotopic (exact) mass is 535 g/mol. The lowest BCUT2D eigenvalue weighted by Gasteiger charge is -2.29. The van der Waals surface area contributed by atoms with Crippen molar-refractivity contribution < 1.29 is 9.53 Å². The Hall–Kier alpha value is -2.33. The number of para-hydroxylation sites is 1. The summed E-state index contributed by atoms with van der Waals surface area (Å²) in [6.07, 6.45) is 0.476. The van der Waals surface area contributed by atoms with Gasteiger partial charge in [-0.2, -0.15) is 0 Å². The van der Waals surface area contributed by atoms with Crippen LogP contribution in [0, 0.1) is 0 Å². The van der Waals surface area contributed by atoms with E-state index in [0.29, 0.717) is 19.5 Å². The van der Waals surface area contributed by atoms with Gasteiger partial charge in [-0.05, 0) is 29.3 Å². The summed E-state index contributed by atoms with van der Waals surface area (Å²) in [5.74, 6) is 0.917. The molecule has 166 valence electrons. The Morgan fingerprint density at radius 1 is 1.13 bits per heavy atom. The zero-order chi connectivity index (χ0) is 20.8. The highest BCUT2D eigenvalue weighted by molar-refractivity contribution is 14.0. The Bertz CT molecular complexity index is 897. The number of carbonyl (C=O) groups excluding carboxylic acids is 1. The number of guanidine groups is 1. The maximum atomic E-state index is 12.0. The average Bonchev–Trinajstić information content (AvgIpc) is 2.80. The number of aliphatic imine (C=N–C) groups is 1. The van der Waals surface area contributed by atoms with E-state index in [1.54, 1.807) is 7.05 Å². The third-order valence-corrected chi connectivity index (χ3v) is 5.62. The molecular weight excluding hydrogens is 505 g/mol. The molecule has 1 unspecified atom stereocenters. The number of fused-ring (bicyclic) bond motifs is 1. The lowest BCUT2D eigenvalue weighted by atomic mass is 9.90. The fourth-order valence-corrected chi connectivity index (χ4v) is 3.96. The van der Waals surface area contributed by atoms with Crippen molar-refractivity contribution in [3.8, 4) is 0 Å². The quantitative estimate of drug-likeness (QED) is 0.312. The third kappa shape index (κ3) is 6.10. The summed E-state index contributed by atoms with van der Waals surface area (Å²) in [4.78, 5) is 18.7. The van der Waals surface area contributed by atoms with Crippen molar-refractivity contribution in [1.29, 1.82) is 0 Å². The fourth-order valence-electron chi connectivity index (χ4n) is 3.96. The van der Waals surface area contributed by atoms with Gasteiger partial charge in [0.1, 0.15) is 0 Å². The zero-order valence-electron chi connectivity index (χ0n) is 17.8. The first-order chi connectivity index (χ1) is 14.7. The van der Waals surface area contributed by atoms with E-state index in [0.717, 1.165) is 38.0 Å². The van der Waals surface area contributed by atoms with Gasteiger partial charge in [0.25, 0.3) is 0 Å². The van der Waals surface area contributed by atoms with Crippen molar-refractivity contribution in [2.24, 2.45) is 4.99 Å². The van der Waals surface area contributed by atoms with Crippen LogP contribution in [-0.4, -0.2) is 51.8 Å². The number of ether oxygens (including phenoxy) is 1. The summed E-state index contributed by atoms with van der Waals surface area (Å²) in [5.41, 5.74) is 4.50. The molecule has 0 aliphatic carbocycles. The van der Waals surface area contributed by atoms with Crippen LogP contribution in [0.25, 0.3) is 0 Å². The Balaban J connectivity index is 0.00000272. The van der Waals surface area contributed by atoms with E-state index < -0.39 is 0 Å². The second-order valence-electron chi connectivity index (χ2n) is 7.61. The van der Waals surface area contributed by atoms with Crippen molar-refractivity contribution in [2.75, 3.05) is 50.1 Å². The van der Waals surface area contributed by atoms with Crippen molar-refractivity contribution in [3.63, 3.8) is 0 Å². The summed E-state index contributed by atoms with van der Waals surface area (Å²) >= 11 is 0. The summed E-state index contributed by atoms with van der Waals surface area (Å²) in [6, 6.07) is 16.6. The predicted octanol–water partition coefficient (Wildman–Crippen LogP) is 2.93. The molecule has 31 heavy (non-hydrogen) atoms. The van der Waals surface area contributed by atoms with Gasteiger partial charge in [-0.1, -0.05) is 30.3 Å². The van der Waals surface area contributed by atoms with Crippen LogP contribution in [0.4, 0.5) is 11.4 Å². The molecule has 8 heteroatoms. The molecule has 2 aliphatic heterocycles. The zero-order valence-corrected chi connectivity index (χ0v) is 20.1. The highest BCUT2D eigenvalue weighted by atomic mass is 127. The number of hydrogen-bond acceptors (Lipinski definition) is 4. The summed E-state index contributed by atoms with van der Waals surface area (Å²) < 4.78 is 5.42. The fraction of sp³-hybridized carbons (Fsp3) is 0.391. The molecule has 7 nitrogen and oxygen atoms in total. The van der Waals surface area contributed by atoms with Gasteiger partial charge >= 0.3 is 0 Å². The van der Waals surface area contributed by atoms with Crippen LogP contribution in [0.3, 0.4) is 0 Å². The maximum Gasteiger partial charge on any atom is 0.225 e. The molecule has 0 radical (unpaired) electrons. The van der Waals surface area contributed by atoms with Gasteiger partial charge in [0, 0.05) is 56.9 Å². The number of halogens is 1. The molecular formula is C23H30IN5O2. The molecule has 2 aromatic carbocycles. The molecule has 2 heterocycles. The molecule has 0 bridgehead atoms. The van der Waals surface area contributed by atoms with Crippen LogP contribution in [0.1, 0.15) is 23.5 Å². The van der Waals surface area contributed by atoms with Gasteiger partial charge in [0.15, 0.2) is 5.96 Å². The average molecular weight is 535 g/mol. The number of carbonyl (C=O) groups is 1. The van der Waals surface area contributed by atoms with E-state index in [1.165, 1.54) is 16.8 Å². The maximum absolute atomic E-state index is 12.0. The van der Waals surface area contributed by atoms with Gasteiger partial charge in [-0.3, -0.25) is 9.79 Å². The molecule has 1 amide bonds. The molecule has 1 saturated heterocycles. The molecule has 2 aliphatic rings. The third-order valence-electron chi connectivity index (χ3n) is 5.62. The second-order valence-corrected chi connectivity index (χ2v) is 7.61. The van der Waals surface area contributed by atoms with E-state index >= 15 is 0 Å². The molecule has 4 rings (SSSR count). The first kappa shape index (κ1) is 23.3. The number of morpholine rings is 1. The number of amides is 1. The SMILES string of the molecule is CN=C(NCc1ccc(N2CCOCC2)cc1)NCC1CC(=O)Nc2ccccc21.I. The Labute approximate surface area is 200 Å². The first-order valence-corrected chi connectivity index (χ1v) is 10.5. The number of nitrogens with zero attached hydrogens (tertiary/aromatic N) is 2. The minimum Gasteiger partial charge on any atom is -0.378 e. The lowest BCUT2D eigenvalue weighted by molar-refractivity contribution is -0.116. The predicted molar refractivity (Wildman–Crippen MR) is 136 cm³/mol. The first-order valence-electron chi connectivity index (χ1n) is 10.5. The largest absolute Gasteiger partial charge is 0.378 e. The number of anilines is 2.